The van der Waals surface area contributed by atoms with Gasteiger partial charge in [-0.2, -0.15) is 0 Å². The fourth-order valence-electron chi connectivity index (χ4n) is 3.22. The van der Waals surface area contributed by atoms with E-state index in [-0.39, 0.29) is 0 Å². The number of carbonyl (C=O) groups excluding carboxylic acids is 1. The van der Waals surface area contributed by atoms with Crippen LogP contribution in [0.2, 0.25) is 0 Å². The molecule has 1 aliphatic heterocycles. The van der Waals surface area contributed by atoms with Gasteiger partial charge in [0, 0.05) is 41.5 Å². The maximum absolute atomic E-state index is 12.4. The molecule has 4 rings (SSSR count). The smallest absolute Gasteiger partial charge is 0.338 e. The molecular formula is C21H14I2N2O3. The van der Waals surface area contributed by atoms with E-state index in [0.29, 0.717) is 28.0 Å². The third kappa shape index (κ3) is 3.16. The summed E-state index contributed by atoms with van der Waals surface area (Å²) in [6.45, 7) is 0. The Labute approximate surface area is 188 Å². The Morgan fingerprint density at radius 1 is 1.07 bits per heavy atom. The SMILES string of the molecule is COC(=O)c1ccccc1-c1c2cc(I)c(=N)cc-2oc2cc(N)c(I)cc12. The van der Waals surface area contributed by atoms with Crippen molar-refractivity contribution in [1.82, 2.24) is 0 Å². The molecule has 0 spiro atoms. The fourth-order valence-corrected chi connectivity index (χ4v) is 4.16. The lowest BCUT2D eigenvalue weighted by Crippen LogP contribution is -2.08. The molecule has 7 heteroatoms. The summed E-state index contributed by atoms with van der Waals surface area (Å²) in [5.41, 5.74) is 10.2. The number of nitrogen functional groups attached to an aromatic ring is 1. The Bertz CT molecular complexity index is 1280. The summed E-state index contributed by atoms with van der Waals surface area (Å²) in [5.74, 6) is 0.155. The second kappa shape index (κ2) is 7.36. The highest BCUT2D eigenvalue weighted by molar-refractivity contribution is 14.1. The number of halogens is 2. The fraction of sp³-hybridized carbons (Fsp3) is 0.0476. The van der Waals surface area contributed by atoms with Crippen molar-refractivity contribution in [2.45, 2.75) is 0 Å². The zero-order valence-corrected chi connectivity index (χ0v) is 19.0. The summed E-state index contributed by atoms with van der Waals surface area (Å²) in [5, 5.41) is 9.35. The highest BCUT2D eigenvalue weighted by Gasteiger charge is 2.23. The van der Waals surface area contributed by atoms with E-state index in [1.54, 1.807) is 24.3 Å². The Morgan fingerprint density at radius 3 is 2.57 bits per heavy atom. The molecule has 0 saturated heterocycles. The summed E-state index contributed by atoms with van der Waals surface area (Å²) < 4.78 is 12.8. The molecule has 0 aromatic heterocycles. The van der Waals surface area contributed by atoms with Gasteiger partial charge < -0.3 is 14.9 Å². The lowest BCUT2D eigenvalue weighted by atomic mass is 9.90. The van der Waals surface area contributed by atoms with Crippen LogP contribution in [0.5, 0.6) is 0 Å². The summed E-state index contributed by atoms with van der Waals surface area (Å²) in [4.78, 5) is 12.4. The molecule has 2 aromatic carbocycles. The molecule has 0 amide bonds. The summed E-state index contributed by atoms with van der Waals surface area (Å²) in [6, 6.07) is 14.7. The molecule has 5 nitrogen and oxygen atoms in total. The molecule has 0 unspecified atom stereocenters. The van der Waals surface area contributed by atoms with Crippen molar-refractivity contribution in [3.05, 3.63) is 66.6 Å². The first-order valence-electron chi connectivity index (χ1n) is 8.28. The van der Waals surface area contributed by atoms with Crippen molar-refractivity contribution in [2.75, 3.05) is 12.8 Å². The van der Waals surface area contributed by atoms with Crippen molar-refractivity contribution >= 4 is 67.8 Å². The van der Waals surface area contributed by atoms with Gasteiger partial charge in [0.25, 0.3) is 0 Å². The third-order valence-electron chi connectivity index (χ3n) is 4.53. The van der Waals surface area contributed by atoms with Crippen LogP contribution in [0.25, 0.3) is 33.4 Å². The monoisotopic (exact) mass is 596 g/mol. The number of benzene rings is 3. The van der Waals surface area contributed by atoms with Crippen LogP contribution in [-0.4, -0.2) is 13.1 Å². The normalized spacial score (nSPS) is 11.1. The molecule has 3 N–H and O–H groups in total. The molecule has 2 aromatic rings. The molecule has 2 aliphatic rings. The van der Waals surface area contributed by atoms with Crippen LogP contribution in [0.3, 0.4) is 0 Å². The Balaban J connectivity index is 2.23. The molecule has 140 valence electrons. The zero-order valence-electron chi connectivity index (χ0n) is 14.7. The predicted octanol–water partition coefficient (Wildman–Crippen LogP) is 5.26. The lowest BCUT2D eigenvalue weighted by Gasteiger charge is -2.18. The first-order valence-corrected chi connectivity index (χ1v) is 10.4. The van der Waals surface area contributed by atoms with Crippen molar-refractivity contribution < 1.29 is 13.9 Å². The molecule has 1 heterocycles. The van der Waals surface area contributed by atoms with Gasteiger partial charge in [0.2, 0.25) is 0 Å². The first kappa shape index (κ1) is 19.2. The number of ether oxygens (including phenoxy) is 1. The van der Waals surface area contributed by atoms with Gasteiger partial charge in [-0.1, -0.05) is 18.2 Å². The molecule has 0 fully saturated rings. The molecule has 0 atom stereocenters. The minimum Gasteiger partial charge on any atom is -0.465 e. The van der Waals surface area contributed by atoms with E-state index >= 15 is 0 Å². The van der Waals surface area contributed by atoms with E-state index in [1.165, 1.54) is 7.11 Å². The van der Waals surface area contributed by atoms with Gasteiger partial charge >= 0.3 is 5.97 Å². The van der Waals surface area contributed by atoms with Crippen LogP contribution in [0.4, 0.5) is 5.69 Å². The quantitative estimate of drug-likeness (QED) is 0.143. The van der Waals surface area contributed by atoms with E-state index in [0.717, 1.165) is 29.2 Å². The largest absolute Gasteiger partial charge is 0.465 e. The van der Waals surface area contributed by atoms with Crippen molar-refractivity contribution in [3.8, 4) is 22.5 Å². The Hall–Kier alpha value is -2.14. The molecule has 1 aliphatic carbocycles. The maximum atomic E-state index is 12.4. The first-order chi connectivity index (χ1) is 13.4. The number of nitrogens with two attached hydrogens (primary N) is 1. The standard InChI is InChI=1S/C21H14I2N2O3/c1-27-21(26)11-5-3-2-4-10(11)20-12-6-14(22)16(24)8-18(12)28-19-9-17(25)15(23)7-13(19)20/h2-9,24H,25H2,1H3. The lowest BCUT2D eigenvalue weighted by molar-refractivity contribution is 0.0601. The third-order valence-corrected chi connectivity index (χ3v) is 6.36. The zero-order chi connectivity index (χ0) is 20.0. The Kier molecular flexibility index (Phi) is 5.04. The summed E-state index contributed by atoms with van der Waals surface area (Å²) in [7, 11) is 1.37. The second-order valence-corrected chi connectivity index (χ2v) is 8.54. The molecule has 28 heavy (non-hydrogen) atoms. The summed E-state index contributed by atoms with van der Waals surface area (Å²) >= 11 is 4.32. The van der Waals surface area contributed by atoms with Gasteiger partial charge in [0.05, 0.1) is 18.0 Å². The number of carbonyl (C=O) groups is 1. The number of esters is 1. The minimum atomic E-state index is -0.408. The topological polar surface area (TPSA) is 89.3 Å². The number of hydrogen-bond acceptors (Lipinski definition) is 5. The number of anilines is 1. The van der Waals surface area contributed by atoms with E-state index in [1.807, 2.05) is 24.3 Å². The number of hydrogen-bond donors (Lipinski definition) is 2. The number of nitrogens with one attached hydrogen (secondary N) is 1. The van der Waals surface area contributed by atoms with Crippen LogP contribution in [0.15, 0.2) is 52.9 Å². The Morgan fingerprint density at radius 2 is 1.82 bits per heavy atom. The number of rotatable bonds is 2. The highest BCUT2D eigenvalue weighted by Crippen LogP contribution is 2.42. The molecule has 0 saturated carbocycles. The van der Waals surface area contributed by atoms with Crippen molar-refractivity contribution in [3.63, 3.8) is 0 Å². The maximum Gasteiger partial charge on any atom is 0.338 e. The highest BCUT2D eigenvalue weighted by atomic mass is 127. The van der Waals surface area contributed by atoms with Gasteiger partial charge in [0.15, 0.2) is 0 Å². The van der Waals surface area contributed by atoms with Crippen LogP contribution in [0.1, 0.15) is 10.4 Å². The van der Waals surface area contributed by atoms with Gasteiger partial charge in [-0.25, -0.2) is 4.79 Å². The average molecular weight is 596 g/mol. The molecule has 0 bridgehead atoms. The van der Waals surface area contributed by atoms with Gasteiger partial charge in [-0.15, -0.1) is 0 Å². The van der Waals surface area contributed by atoms with E-state index in [2.05, 4.69) is 45.2 Å². The van der Waals surface area contributed by atoms with Crippen molar-refractivity contribution in [1.29, 1.82) is 5.41 Å². The van der Waals surface area contributed by atoms with Crippen LogP contribution in [-0.2, 0) is 4.74 Å². The second-order valence-electron chi connectivity index (χ2n) is 6.21. The van der Waals surface area contributed by atoms with Gasteiger partial charge in [-0.05, 0) is 68.9 Å². The molecule has 0 radical (unpaired) electrons. The predicted molar refractivity (Wildman–Crippen MR) is 125 cm³/mol. The number of fused-ring (bicyclic) bond motifs is 2. The average Bonchev–Trinajstić information content (AvgIpc) is 2.68. The number of methoxy groups -OCH3 is 1. The van der Waals surface area contributed by atoms with E-state index < -0.39 is 5.97 Å². The van der Waals surface area contributed by atoms with E-state index in [9.17, 15) is 4.79 Å². The summed E-state index contributed by atoms with van der Waals surface area (Å²) in [6.07, 6.45) is 0. The van der Waals surface area contributed by atoms with Gasteiger partial charge in [-0.3, -0.25) is 5.41 Å². The van der Waals surface area contributed by atoms with E-state index in [4.69, 9.17) is 20.3 Å². The minimum absolute atomic E-state index is 0.377. The van der Waals surface area contributed by atoms with Crippen LogP contribution in [0, 0.1) is 12.5 Å². The van der Waals surface area contributed by atoms with Crippen LogP contribution >= 0.6 is 45.2 Å². The molecular weight excluding hydrogens is 582 g/mol. The van der Waals surface area contributed by atoms with Crippen LogP contribution < -0.4 is 11.1 Å². The van der Waals surface area contributed by atoms with Crippen molar-refractivity contribution in [2.24, 2.45) is 0 Å². The van der Waals surface area contributed by atoms with Gasteiger partial charge in [0.1, 0.15) is 11.3 Å².